The van der Waals surface area contributed by atoms with Gasteiger partial charge in [-0.2, -0.15) is 0 Å². The van der Waals surface area contributed by atoms with Crippen LogP contribution in [-0.2, 0) is 4.79 Å². The standard InChI is InChI=1S/C18H17BrN6O2/c1-23-7-12-10-27-14-6-11(2-3-13(14)25(12)16(26)9-23)21-17-18-20-4-5-24(18)8-15(19)22-17/h2-6,8,12H,7,9-10H2,1H3,(H,21,22)/t12-/m1/s1. The number of halogens is 1. The molecule has 1 aromatic carbocycles. The third-order valence-electron chi connectivity index (χ3n) is 4.82. The maximum atomic E-state index is 12.5. The molecule has 8 nitrogen and oxygen atoms in total. The van der Waals surface area contributed by atoms with Gasteiger partial charge in [0.25, 0.3) is 0 Å². The van der Waals surface area contributed by atoms with Crippen LogP contribution < -0.4 is 15.0 Å². The summed E-state index contributed by atoms with van der Waals surface area (Å²) in [6.45, 7) is 1.73. The number of piperazine rings is 1. The molecular weight excluding hydrogens is 412 g/mol. The first-order valence-corrected chi connectivity index (χ1v) is 9.41. The van der Waals surface area contributed by atoms with Gasteiger partial charge in [0.2, 0.25) is 5.91 Å². The molecule has 9 heteroatoms. The summed E-state index contributed by atoms with van der Waals surface area (Å²) in [4.78, 5) is 25.2. The lowest BCUT2D eigenvalue weighted by Gasteiger charge is -2.43. The SMILES string of the molecule is CN1CC(=O)N2c3ccc(Nc4nc(Br)cn5ccnc45)cc3OC[C@H]2C1. The topological polar surface area (TPSA) is 75.0 Å². The summed E-state index contributed by atoms with van der Waals surface area (Å²) in [7, 11) is 1.96. The van der Waals surface area contributed by atoms with Crippen molar-refractivity contribution in [2.24, 2.45) is 0 Å². The summed E-state index contributed by atoms with van der Waals surface area (Å²) in [6, 6.07) is 5.81. The lowest BCUT2D eigenvalue weighted by atomic mass is 10.1. The highest BCUT2D eigenvalue weighted by molar-refractivity contribution is 9.10. The molecule has 1 saturated heterocycles. The van der Waals surface area contributed by atoms with E-state index >= 15 is 0 Å². The molecular formula is C18H17BrN6O2. The minimum absolute atomic E-state index is 0.0545. The molecule has 0 unspecified atom stereocenters. The van der Waals surface area contributed by atoms with E-state index in [1.807, 2.05) is 51.8 Å². The van der Waals surface area contributed by atoms with Crippen LogP contribution in [-0.4, -0.2) is 58.0 Å². The molecule has 1 fully saturated rings. The van der Waals surface area contributed by atoms with E-state index < -0.39 is 0 Å². The first-order valence-electron chi connectivity index (χ1n) is 8.62. The number of imidazole rings is 1. The van der Waals surface area contributed by atoms with Gasteiger partial charge >= 0.3 is 0 Å². The Hall–Kier alpha value is -2.65. The molecule has 0 spiro atoms. The average Bonchev–Trinajstić information content (AvgIpc) is 3.09. The molecule has 138 valence electrons. The highest BCUT2D eigenvalue weighted by Crippen LogP contribution is 2.38. The van der Waals surface area contributed by atoms with Crippen molar-refractivity contribution in [3.05, 3.63) is 41.4 Å². The Morgan fingerprint density at radius 3 is 3.15 bits per heavy atom. The highest BCUT2D eigenvalue weighted by atomic mass is 79.9. The second-order valence-electron chi connectivity index (χ2n) is 6.80. The van der Waals surface area contributed by atoms with Gasteiger partial charge in [-0.05, 0) is 35.1 Å². The average molecular weight is 429 g/mol. The number of benzene rings is 1. The Bertz CT molecular complexity index is 1050. The molecule has 2 aromatic heterocycles. The van der Waals surface area contributed by atoms with E-state index in [-0.39, 0.29) is 11.9 Å². The van der Waals surface area contributed by atoms with Crippen molar-refractivity contribution in [3.8, 4) is 5.75 Å². The number of carbonyl (C=O) groups excluding carboxylic acids is 1. The molecule has 1 N–H and O–H groups in total. The van der Waals surface area contributed by atoms with Crippen molar-refractivity contribution in [3.63, 3.8) is 0 Å². The van der Waals surface area contributed by atoms with Gasteiger partial charge in [0, 0.05) is 36.9 Å². The quantitative estimate of drug-likeness (QED) is 0.674. The number of ether oxygens (including phenoxy) is 1. The van der Waals surface area contributed by atoms with Crippen LogP contribution in [0.15, 0.2) is 41.4 Å². The Morgan fingerprint density at radius 2 is 2.26 bits per heavy atom. The summed E-state index contributed by atoms with van der Waals surface area (Å²) >= 11 is 3.42. The fourth-order valence-corrected chi connectivity index (χ4v) is 4.09. The Kier molecular flexibility index (Phi) is 3.80. The predicted molar refractivity (Wildman–Crippen MR) is 105 cm³/mol. The van der Waals surface area contributed by atoms with Crippen LogP contribution in [0.1, 0.15) is 0 Å². The Morgan fingerprint density at radius 1 is 1.37 bits per heavy atom. The summed E-state index contributed by atoms with van der Waals surface area (Å²) in [5, 5.41) is 3.30. The van der Waals surface area contributed by atoms with Gasteiger partial charge in [0.05, 0.1) is 18.3 Å². The van der Waals surface area contributed by atoms with Gasteiger partial charge in [-0.25, -0.2) is 9.97 Å². The number of fused-ring (bicyclic) bond motifs is 4. The predicted octanol–water partition coefficient (Wildman–Crippen LogP) is 2.27. The number of amides is 1. The Labute approximate surface area is 163 Å². The maximum absolute atomic E-state index is 12.5. The number of anilines is 3. The van der Waals surface area contributed by atoms with Gasteiger partial charge in [-0.15, -0.1) is 0 Å². The summed E-state index contributed by atoms with van der Waals surface area (Å²) in [5.41, 5.74) is 2.37. The number of aromatic nitrogens is 3. The lowest BCUT2D eigenvalue weighted by molar-refractivity contribution is -0.122. The summed E-state index contributed by atoms with van der Waals surface area (Å²) in [6.07, 6.45) is 5.44. The molecule has 27 heavy (non-hydrogen) atoms. The van der Waals surface area contributed by atoms with Crippen LogP contribution in [0.5, 0.6) is 5.75 Å². The van der Waals surface area contributed by atoms with Gasteiger partial charge in [0.1, 0.15) is 17.0 Å². The number of hydrogen-bond donors (Lipinski definition) is 1. The monoisotopic (exact) mass is 428 g/mol. The molecule has 1 amide bonds. The number of nitrogens with zero attached hydrogens (tertiary/aromatic N) is 5. The van der Waals surface area contributed by atoms with Crippen LogP contribution in [0.2, 0.25) is 0 Å². The maximum Gasteiger partial charge on any atom is 0.241 e. The second kappa shape index (κ2) is 6.21. The van der Waals surface area contributed by atoms with Crippen LogP contribution in [0.3, 0.4) is 0 Å². The molecule has 5 rings (SSSR count). The van der Waals surface area contributed by atoms with Crippen LogP contribution in [0.4, 0.5) is 17.2 Å². The van der Waals surface area contributed by atoms with Gasteiger partial charge in [-0.1, -0.05) is 0 Å². The first-order chi connectivity index (χ1) is 13.1. The van der Waals surface area contributed by atoms with E-state index in [2.05, 4.69) is 31.2 Å². The van der Waals surface area contributed by atoms with Crippen molar-refractivity contribution in [1.82, 2.24) is 19.3 Å². The number of likely N-dealkylation sites (N-methyl/N-ethyl adjacent to an activating group) is 1. The number of rotatable bonds is 2. The molecule has 0 saturated carbocycles. The van der Waals surface area contributed by atoms with Crippen molar-refractivity contribution < 1.29 is 9.53 Å². The van der Waals surface area contributed by atoms with Crippen molar-refractivity contribution in [1.29, 1.82) is 0 Å². The van der Waals surface area contributed by atoms with E-state index in [0.717, 1.165) is 23.6 Å². The minimum atomic E-state index is 0.0545. The van der Waals surface area contributed by atoms with Gasteiger partial charge in [0.15, 0.2) is 11.5 Å². The zero-order valence-electron chi connectivity index (χ0n) is 14.6. The minimum Gasteiger partial charge on any atom is -0.489 e. The largest absolute Gasteiger partial charge is 0.489 e. The van der Waals surface area contributed by atoms with Crippen LogP contribution in [0.25, 0.3) is 5.65 Å². The number of nitrogens with one attached hydrogen (secondary N) is 1. The number of hydrogen-bond acceptors (Lipinski definition) is 6. The van der Waals surface area contributed by atoms with E-state index in [0.29, 0.717) is 29.3 Å². The fraction of sp³-hybridized carbons (Fsp3) is 0.278. The van der Waals surface area contributed by atoms with Gasteiger partial charge in [-0.3, -0.25) is 9.69 Å². The van der Waals surface area contributed by atoms with Crippen molar-refractivity contribution in [2.75, 3.05) is 37.0 Å². The van der Waals surface area contributed by atoms with E-state index in [1.54, 1.807) is 6.20 Å². The first kappa shape index (κ1) is 16.5. The van der Waals surface area contributed by atoms with E-state index in [4.69, 9.17) is 4.74 Å². The lowest BCUT2D eigenvalue weighted by Crippen LogP contribution is -2.59. The smallest absolute Gasteiger partial charge is 0.241 e. The zero-order chi connectivity index (χ0) is 18.5. The van der Waals surface area contributed by atoms with Crippen LogP contribution in [0, 0.1) is 0 Å². The number of carbonyl (C=O) groups is 1. The van der Waals surface area contributed by atoms with Gasteiger partial charge < -0.3 is 19.4 Å². The molecule has 3 aromatic rings. The molecule has 0 bridgehead atoms. The molecule has 0 radical (unpaired) electrons. The van der Waals surface area contributed by atoms with E-state index in [9.17, 15) is 4.79 Å². The zero-order valence-corrected chi connectivity index (χ0v) is 16.2. The molecule has 2 aliphatic rings. The van der Waals surface area contributed by atoms with Crippen molar-refractivity contribution in [2.45, 2.75) is 6.04 Å². The summed E-state index contributed by atoms with van der Waals surface area (Å²) < 4.78 is 8.55. The normalized spacial score (nSPS) is 19.6. The third-order valence-corrected chi connectivity index (χ3v) is 5.20. The molecule has 2 aliphatic heterocycles. The highest BCUT2D eigenvalue weighted by Gasteiger charge is 2.37. The fourth-order valence-electron chi connectivity index (χ4n) is 3.69. The summed E-state index contributed by atoms with van der Waals surface area (Å²) in [5.74, 6) is 1.44. The molecule has 0 aliphatic carbocycles. The second-order valence-corrected chi connectivity index (χ2v) is 7.62. The van der Waals surface area contributed by atoms with Crippen molar-refractivity contribution >= 4 is 44.7 Å². The van der Waals surface area contributed by atoms with E-state index in [1.165, 1.54) is 0 Å². The van der Waals surface area contributed by atoms with Crippen LogP contribution >= 0.6 is 15.9 Å². The molecule has 1 atom stereocenters. The third kappa shape index (κ3) is 2.83. The Balaban J connectivity index is 1.48. The molecule has 4 heterocycles.